The highest BCUT2D eigenvalue weighted by atomic mass is 16.5. The lowest BCUT2D eigenvalue weighted by molar-refractivity contribution is -0.161. The molecule has 2 N–H and O–H groups in total. The van der Waals surface area contributed by atoms with E-state index < -0.39 is 11.7 Å². The standard InChI is InChI=1S/C27H33NO3/c1-25(2,30)24-21(29)14-18-19-10-9-15-13-17-16-7-5-6-8-20(16)28-23(17)27(15,4)26(19,3)12-11-22(18)31-24/h5-8,14-15,19,22,24,28,30H,9-13H2,1-4H3/t15-,19?,22-,24-,26-,27+/m0/s1. The fraction of sp³-hybridized carbons (Fsp3) is 0.593. The van der Waals surface area contributed by atoms with Crippen molar-refractivity contribution in [2.24, 2.45) is 17.3 Å². The maximum Gasteiger partial charge on any atom is 0.187 e. The lowest BCUT2D eigenvalue weighted by atomic mass is 9.44. The molecule has 0 saturated heterocycles. The van der Waals surface area contributed by atoms with E-state index in [9.17, 15) is 9.90 Å². The zero-order valence-electron chi connectivity index (χ0n) is 19.0. The van der Waals surface area contributed by atoms with Crippen molar-refractivity contribution in [2.45, 2.75) is 83.0 Å². The second-order valence-electron chi connectivity index (χ2n) is 11.4. The van der Waals surface area contributed by atoms with Crippen LogP contribution in [0.1, 0.15) is 64.6 Å². The van der Waals surface area contributed by atoms with Gasteiger partial charge in [0, 0.05) is 22.0 Å². The van der Waals surface area contributed by atoms with Gasteiger partial charge in [0.1, 0.15) is 6.10 Å². The Morgan fingerprint density at radius 2 is 1.94 bits per heavy atom. The van der Waals surface area contributed by atoms with Gasteiger partial charge >= 0.3 is 0 Å². The smallest absolute Gasteiger partial charge is 0.187 e. The number of benzene rings is 1. The maximum absolute atomic E-state index is 12.9. The van der Waals surface area contributed by atoms with Crippen LogP contribution in [-0.4, -0.2) is 33.7 Å². The molecule has 1 unspecified atom stereocenters. The molecule has 4 aliphatic rings. The predicted octanol–water partition coefficient (Wildman–Crippen LogP) is 4.84. The number of ketones is 1. The van der Waals surface area contributed by atoms with Gasteiger partial charge in [-0.3, -0.25) is 4.79 Å². The molecule has 31 heavy (non-hydrogen) atoms. The molecule has 4 heteroatoms. The molecule has 1 aromatic carbocycles. The second kappa shape index (κ2) is 6.11. The summed E-state index contributed by atoms with van der Waals surface area (Å²) in [6, 6.07) is 8.71. The van der Waals surface area contributed by atoms with Gasteiger partial charge in [0.2, 0.25) is 0 Å². The van der Waals surface area contributed by atoms with Gasteiger partial charge in [-0.1, -0.05) is 32.0 Å². The fourth-order valence-electron chi connectivity index (χ4n) is 7.82. The number of H-pyrrole nitrogens is 1. The van der Waals surface area contributed by atoms with E-state index in [2.05, 4.69) is 43.1 Å². The number of rotatable bonds is 1. The van der Waals surface area contributed by atoms with Crippen molar-refractivity contribution < 1.29 is 14.6 Å². The molecule has 164 valence electrons. The Kier molecular flexibility index (Phi) is 3.89. The summed E-state index contributed by atoms with van der Waals surface area (Å²) in [6.07, 6.45) is 6.48. The van der Waals surface area contributed by atoms with Crippen LogP contribution in [0, 0.1) is 17.3 Å². The van der Waals surface area contributed by atoms with E-state index in [1.807, 2.05) is 6.08 Å². The highest BCUT2D eigenvalue weighted by Crippen LogP contribution is 2.67. The number of fused-ring (bicyclic) bond motifs is 9. The average molecular weight is 420 g/mol. The van der Waals surface area contributed by atoms with Crippen LogP contribution in [-0.2, 0) is 21.4 Å². The monoisotopic (exact) mass is 419 g/mol. The topological polar surface area (TPSA) is 62.3 Å². The third-order valence-corrected chi connectivity index (χ3v) is 9.57. The van der Waals surface area contributed by atoms with Crippen molar-refractivity contribution in [1.82, 2.24) is 4.98 Å². The summed E-state index contributed by atoms with van der Waals surface area (Å²) >= 11 is 0. The molecule has 4 nitrogen and oxygen atoms in total. The summed E-state index contributed by atoms with van der Waals surface area (Å²) in [5, 5.41) is 11.8. The first-order chi connectivity index (χ1) is 14.6. The molecule has 6 rings (SSSR count). The SMILES string of the molecule is CC(C)(O)[C@H]1O[C@H]2CC[C@@]3(C)C(CC[C@H]4Cc5c([nH]c6ccccc56)[C@@]43C)C2=CC1=O. The Hall–Kier alpha value is -1.91. The molecule has 0 radical (unpaired) electrons. The van der Waals surface area contributed by atoms with Crippen LogP contribution in [0.3, 0.4) is 0 Å². The summed E-state index contributed by atoms with van der Waals surface area (Å²) < 4.78 is 6.25. The minimum atomic E-state index is -1.16. The highest BCUT2D eigenvalue weighted by Gasteiger charge is 2.64. The van der Waals surface area contributed by atoms with Gasteiger partial charge < -0.3 is 14.8 Å². The summed E-state index contributed by atoms with van der Waals surface area (Å²) in [5.41, 5.74) is 4.36. The lowest BCUT2D eigenvalue weighted by Gasteiger charge is -2.60. The summed E-state index contributed by atoms with van der Waals surface area (Å²) in [5.74, 6) is 0.908. The Labute approximate surface area is 184 Å². The maximum atomic E-state index is 12.9. The van der Waals surface area contributed by atoms with Gasteiger partial charge in [-0.15, -0.1) is 0 Å². The summed E-state index contributed by atoms with van der Waals surface area (Å²) in [4.78, 5) is 16.8. The Morgan fingerprint density at radius 3 is 2.71 bits per heavy atom. The van der Waals surface area contributed by atoms with Crippen molar-refractivity contribution in [2.75, 3.05) is 0 Å². The predicted molar refractivity (Wildman–Crippen MR) is 121 cm³/mol. The van der Waals surface area contributed by atoms with Crippen LogP contribution in [0.2, 0.25) is 0 Å². The van der Waals surface area contributed by atoms with E-state index in [1.165, 1.54) is 34.2 Å². The van der Waals surface area contributed by atoms with E-state index in [-0.39, 0.29) is 22.7 Å². The number of hydrogen-bond acceptors (Lipinski definition) is 3. The number of nitrogens with one attached hydrogen (secondary N) is 1. The van der Waals surface area contributed by atoms with Gasteiger partial charge in [0.05, 0.1) is 11.7 Å². The molecule has 0 amide bonds. The molecule has 2 aromatic rings. The molecular weight excluding hydrogens is 386 g/mol. The van der Waals surface area contributed by atoms with Gasteiger partial charge in [-0.25, -0.2) is 0 Å². The normalized spacial score (nSPS) is 39.5. The van der Waals surface area contributed by atoms with Crippen LogP contribution in [0.25, 0.3) is 10.9 Å². The van der Waals surface area contributed by atoms with Crippen molar-refractivity contribution in [3.63, 3.8) is 0 Å². The molecule has 6 atom stereocenters. The zero-order valence-corrected chi connectivity index (χ0v) is 19.0. The van der Waals surface area contributed by atoms with E-state index >= 15 is 0 Å². The van der Waals surface area contributed by atoms with E-state index in [0.717, 1.165) is 25.7 Å². The Bertz CT molecular complexity index is 1120. The molecule has 1 aromatic heterocycles. The molecule has 2 fully saturated rings. The number of hydrogen-bond donors (Lipinski definition) is 2. The Balaban J connectivity index is 1.46. The van der Waals surface area contributed by atoms with E-state index in [4.69, 9.17) is 4.74 Å². The van der Waals surface area contributed by atoms with Gasteiger partial charge in [0.25, 0.3) is 0 Å². The number of aromatic amines is 1. The van der Waals surface area contributed by atoms with Crippen molar-refractivity contribution in [3.05, 3.63) is 47.2 Å². The third kappa shape index (κ3) is 2.41. The quantitative estimate of drug-likeness (QED) is 0.695. The number of para-hydroxylation sites is 1. The molecule has 0 bridgehead atoms. The second-order valence-corrected chi connectivity index (χ2v) is 11.4. The third-order valence-electron chi connectivity index (χ3n) is 9.57. The van der Waals surface area contributed by atoms with Crippen molar-refractivity contribution in [3.8, 4) is 0 Å². The number of aromatic nitrogens is 1. The largest absolute Gasteiger partial charge is 0.387 e. The summed E-state index contributed by atoms with van der Waals surface area (Å²) in [7, 11) is 0. The van der Waals surface area contributed by atoms with E-state index in [1.54, 1.807) is 13.8 Å². The average Bonchev–Trinajstić information content (AvgIpc) is 3.22. The minimum absolute atomic E-state index is 0.0454. The van der Waals surface area contributed by atoms with Crippen LogP contribution in [0.5, 0.6) is 0 Å². The highest BCUT2D eigenvalue weighted by molar-refractivity contribution is 5.96. The van der Waals surface area contributed by atoms with E-state index in [0.29, 0.717) is 11.8 Å². The van der Waals surface area contributed by atoms with Crippen LogP contribution in [0.15, 0.2) is 35.9 Å². The zero-order chi connectivity index (χ0) is 21.8. The Morgan fingerprint density at radius 1 is 1.16 bits per heavy atom. The molecule has 0 spiro atoms. The first kappa shape index (κ1) is 19.8. The number of carbonyl (C=O) groups is 1. The first-order valence-electron chi connectivity index (χ1n) is 11.9. The van der Waals surface area contributed by atoms with Crippen molar-refractivity contribution >= 4 is 16.7 Å². The van der Waals surface area contributed by atoms with Crippen molar-refractivity contribution in [1.29, 1.82) is 0 Å². The molecule has 2 saturated carbocycles. The van der Waals surface area contributed by atoms with Crippen LogP contribution in [0.4, 0.5) is 0 Å². The molecule has 2 heterocycles. The number of ether oxygens (including phenoxy) is 1. The number of carbonyl (C=O) groups excluding carboxylic acids is 1. The lowest BCUT2D eigenvalue weighted by Crippen LogP contribution is -2.59. The molecule has 1 aliphatic heterocycles. The number of aliphatic hydroxyl groups is 1. The van der Waals surface area contributed by atoms with Gasteiger partial charge in [0.15, 0.2) is 5.78 Å². The molecule has 3 aliphatic carbocycles. The fourth-order valence-corrected chi connectivity index (χ4v) is 7.82. The van der Waals surface area contributed by atoms with Crippen LogP contribution >= 0.6 is 0 Å². The van der Waals surface area contributed by atoms with Crippen LogP contribution < -0.4 is 0 Å². The van der Waals surface area contributed by atoms with Gasteiger partial charge in [-0.2, -0.15) is 0 Å². The van der Waals surface area contributed by atoms with Gasteiger partial charge in [-0.05, 0) is 86.5 Å². The first-order valence-corrected chi connectivity index (χ1v) is 11.9. The molecular formula is C27H33NO3. The minimum Gasteiger partial charge on any atom is -0.387 e. The summed E-state index contributed by atoms with van der Waals surface area (Å²) in [6.45, 7) is 8.29.